The lowest BCUT2D eigenvalue weighted by Crippen LogP contribution is -2.45. The van der Waals surface area contributed by atoms with Gasteiger partial charge in [-0.1, -0.05) is 54.2 Å². The predicted octanol–water partition coefficient (Wildman–Crippen LogP) is 4.04. The van der Waals surface area contributed by atoms with E-state index in [1.165, 1.54) is 11.8 Å². The molecule has 2 aromatic rings. The van der Waals surface area contributed by atoms with Crippen LogP contribution in [0.2, 0.25) is 0 Å². The SMILES string of the molecule is Cc1ccc(C)c(N2C(=NC(=O)[C@H](Cc3ccccc3)NC(=O)OC(C)(C)C)S[C@@H]3CS(=O)(=O)C[C@H]32)c1. The van der Waals surface area contributed by atoms with Crippen molar-refractivity contribution in [1.29, 1.82) is 0 Å². The quantitative estimate of drug-likeness (QED) is 0.607. The van der Waals surface area contributed by atoms with Gasteiger partial charge in [0.1, 0.15) is 11.6 Å². The van der Waals surface area contributed by atoms with Crippen LogP contribution in [0.5, 0.6) is 0 Å². The molecule has 3 atom stereocenters. The minimum atomic E-state index is -3.19. The summed E-state index contributed by atoms with van der Waals surface area (Å²) < 4.78 is 30.3. The fourth-order valence-corrected chi connectivity index (χ4v) is 8.41. The smallest absolute Gasteiger partial charge is 0.408 e. The molecule has 198 valence electrons. The number of hydrogen-bond donors (Lipinski definition) is 1. The van der Waals surface area contributed by atoms with Crippen molar-refractivity contribution in [3.8, 4) is 0 Å². The van der Waals surface area contributed by atoms with E-state index >= 15 is 0 Å². The van der Waals surface area contributed by atoms with E-state index in [4.69, 9.17) is 4.74 Å². The molecule has 2 amide bonds. The zero-order valence-corrected chi connectivity index (χ0v) is 23.4. The van der Waals surface area contributed by atoms with Crippen LogP contribution >= 0.6 is 11.8 Å². The summed E-state index contributed by atoms with van der Waals surface area (Å²) in [5.41, 5.74) is 2.96. The number of thioether (sulfide) groups is 1. The van der Waals surface area contributed by atoms with Gasteiger partial charge in [-0.15, -0.1) is 0 Å². The van der Waals surface area contributed by atoms with Crippen molar-refractivity contribution in [2.45, 2.75) is 64.0 Å². The molecule has 4 rings (SSSR count). The van der Waals surface area contributed by atoms with Crippen molar-refractivity contribution in [2.75, 3.05) is 16.4 Å². The van der Waals surface area contributed by atoms with E-state index in [0.717, 1.165) is 22.4 Å². The molecule has 2 aromatic carbocycles. The number of amidine groups is 1. The lowest BCUT2D eigenvalue weighted by molar-refractivity contribution is -0.119. The Morgan fingerprint density at radius 1 is 1.14 bits per heavy atom. The number of sulfone groups is 1. The zero-order chi connectivity index (χ0) is 27.0. The Labute approximate surface area is 222 Å². The number of nitrogens with zero attached hydrogens (tertiary/aromatic N) is 2. The summed E-state index contributed by atoms with van der Waals surface area (Å²) in [6.07, 6.45) is -0.458. The Hall–Kier alpha value is -2.85. The molecule has 0 unspecified atom stereocenters. The van der Waals surface area contributed by atoms with Gasteiger partial charge < -0.3 is 15.0 Å². The number of alkyl carbamates (subject to hydrolysis) is 1. The Morgan fingerprint density at radius 3 is 2.51 bits per heavy atom. The second kappa shape index (κ2) is 10.5. The van der Waals surface area contributed by atoms with E-state index in [9.17, 15) is 18.0 Å². The summed E-state index contributed by atoms with van der Waals surface area (Å²) in [5.74, 6) is -0.467. The molecular formula is C27H33N3O5S2. The van der Waals surface area contributed by atoms with Crippen molar-refractivity contribution in [3.63, 3.8) is 0 Å². The lowest BCUT2D eigenvalue weighted by atomic mass is 10.1. The lowest BCUT2D eigenvalue weighted by Gasteiger charge is -2.27. The van der Waals surface area contributed by atoms with Crippen LogP contribution in [0.1, 0.15) is 37.5 Å². The number of aliphatic imine (C=N–C) groups is 1. The predicted molar refractivity (Wildman–Crippen MR) is 148 cm³/mol. The van der Waals surface area contributed by atoms with E-state index in [2.05, 4.69) is 10.3 Å². The third-order valence-corrected chi connectivity index (χ3v) is 9.38. The molecule has 0 bridgehead atoms. The number of nitrogens with one attached hydrogen (secondary N) is 1. The van der Waals surface area contributed by atoms with Crippen LogP contribution in [-0.2, 0) is 25.8 Å². The van der Waals surface area contributed by atoms with Crippen molar-refractivity contribution in [3.05, 3.63) is 65.2 Å². The fourth-order valence-electron chi connectivity index (χ4n) is 4.50. The minimum absolute atomic E-state index is 0.00879. The summed E-state index contributed by atoms with van der Waals surface area (Å²) in [6.45, 7) is 9.19. The number of carbonyl (C=O) groups excluding carboxylic acids is 2. The third kappa shape index (κ3) is 6.73. The van der Waals surface area contributed by atoms with Crippen LogP contribution in [0.3, 0.4) is 0 Å². The molecule has 2 aliphatic rings. The number of aryl methyl sites for hydroxylation is 2. The molecule has 2 aliphatic heterocycles. The number of anilines is 1. The number of hydrogen-bond acceptors (Lipinski definition) is 6. The maximum absolute atomic E-state index is 13.6. The topological polar surface area (TPSA) is 105 Å². The van der Waals surface area contributed by atoms with Crippen LogP contribution in [0.15, 0.2) is 53.5 Å². The Kier molecular flexibility index (Phi) is 7.71. The Morgan fingerprint density at radius 2 is 1.84 bits per heavy atom. The highest BCUT2D eigenvalue weighted by atomic mass is 32.2. The van der Waals surface area contributed by atoms with E-state index < -0.39 is 33.5 Å². The molecule has 2 heterocycles. The highest BCUT2D eigenvalue weighted by molar-refractivity contribution is 8.16. The van der Waals surface area contributed by atoms with Gasteiger partial charge in [0.15, 0.2) is 15.0 Å². The first-order valence-corrected chi connectivity index (χ1v) is 14.9. The van der Waals surface area contributed by atoms with Crippen LogP contribution in [0.4, 0.5) is 10.5 Å². The Balaban J connectivity index is 1.68. The largest absolute Gasteiger partial charge is 0.444 e. The summed E-state index contributed by atoms with van der Waals surface area (Å²) in [7, 11) is -3.19. The molecule has 0 radical (unpaired) electrons. The molecule has 0 aliphatic carbocycles. The normalized spacial score (nSPS) is 22.5. The first-order chi connectivity index (χ1) is 17.3. The molecule has 0 aromatic heterocycles. The number of ether oxygens (including phenoxy) is 1. The van der Waals surface area contributed by atoms with Gasteiger partial charge in [0, 0.05) is 17.4 Å². The summed E-state index contributed by atoms with van der Waals surface area (Å²) in [6, 6.07) is 14.1. The second-order valence-electron chi connectivity index (χ2n) is 10.6. The van der Waals surface area contributed by atoms with Crippen LogP contribution in [0.25, 0.3) is 0 Å². The van der Waals surface area contributed by atoms with Gasteiger partial charge in [0.2, 0.25) is 0 Å². The standard InChI is InChI=1S/C27H33N3O5S2/c1-17-11-12-18(2)21(13-17)30-22-15-37(33,34)16-23(22)36-25(30)29-24(31)20(14-19-9-7-6-8-10-19)28-26(32)35-27(3,4)5/h6-13,20,22-23H,14-16H2,1-5H3,(H,28,32)/t20-,22+,23+/m0/s1. The fraction of sp³-hybridized carbons (Fsp3) is 0.444. The molecule has 1 N–H and O–H groups in total. The maximum atomic E-state index is 13.6. The molecule has 0 spiro atoms. The molecular weight excluding hydrogens is 510 g/mol. The van der Waals surface area contributed by atoms with E-state index in [-0.39, 0.29) is 29.2 Å². The van der Waals surface area contributed by atoms with Crippen LogP contribution < -0.4 is 10.2 Å². The van der Waals surface area contributed by atoms with Crippen LogP contribution in [0, 0.1) is 13.8 Å². The number of fused-ring (bicyclic) bond motifs is 1. The zero-order valence-electron chi connectivity index (χ0n) is 21.7. The van der Waals surface area contributed by atoms with E-state index in [0.29, 0.717) is 5.17 Å². The summed E-state index contributed by atoms with van der Waals surface area (Å²) in [4.78, 5) is 32.5. The van der Waals surface area contributed by atoms with Crippen molar-refractivity contribution in [2.24, 2.45) is 4.99 Å². The van der Waals surface area contributed by atoms with Gasteiger partial charge in [-0.05, 0) is 57.4 Å². The molecule has 10 heteroatoms. The average molecular weight is 544 g/mol. The minimum Gasteiger partial charge on any atom is -0.444 e. The average Bonchev–Trinajstić information content (AvgIpc) is 3.25. The second-order valence-corrected chi connectivity index (χ2v) is 13.9. The highest BCUT2D eigenvalue weighted by Crippen LogP contribution is 2.42. The van der Waals surface area contributed by atoms with Crippen molar-refractivity contribution < 1.29 is 22.7 Å². The van der Waals surface area contributed by atoms with Gasteiger partial charge in [0.25, 0.3) is 5.91 Å². The maximum Gasteiger partial charge on any atom is 0.408 e. The van der Waals surface area contributed by atoms with Gasteiger partial charge >= 0.3 is 6.09 Å². The molecule has 2 fully saturated rings. The number of benzene rings is 2. The first kappa shape index (κ1) is 27.2. The monoisotopic (exact) mass is 543 g/mol. The molecule has 37 heavy (non-hydrogen) atoms. The van der Waals surface area contributed by atoms with Crippen molar-refractivity contribution in [1.82, 2.24) is 5.32 Å². The van der Waals surface area contributed by atoms with Gasteiger partial charge in [-0.25, -0.2) is 13.2 Å². The summed E-state index contributed by atoms with van der Waals surface area (Å²) in [5, 5.41) is 2.92. The molecule has 0 saturated carbocycles. The number of carbonyl (C=O) groups is 2. The third-order valence-electron chi connectivity index (χ3n) is 6.17. The van der Waals surface area contributed by atoms with E-state index in [1.54, 1.807) is 20.8 Å². The number of rotatable bonds is 5. The van der Waals surface area contributed by atoms with Gasteiger partial charge in [-0.2, -0.15) is 4.99 Å². The Bertz CT molecular complexity index is 1320. The number of amides is 2. The summed E-state index contributed by atoms with van der Waals surface area (Å²) >= 11 is 1.31. The highest BCUT2D eigenvalue weighted by Gasteiger charge is 2.49. The molecule has 2 saturated heterocycles. The van der Waals surface area contributed by atoms with Crippen LogP contribution in [-0.4, -0.2) is 60.0 Å². The first-order valence-electron chi connectivity index (χ1n) is 12.2. The molecule has 8 nitrogen and oxygen atoms in total. The van der Waals surface area contributed by atoms with Gasteiger partial charge in [0.05, 0.1) is 17.5 Å². The van der Waals surface area contributed by atoms with E-state index in [1.807, 2.05) is 67.3 Å². The van der Waals surface area contributed by atoms with Gasteiger partial charge in [-0.3, -0.25) is 4.79 Å². The van der Waals surface area contributed by atoms with Crippen molar-refractivity contribution >= 4 is 44.5 Å².